The molecule has 2 heteroatoms. The summed E-state index contributed by atoms with van der Waals surface area (Å²) >= 11 is 1.79. The first-order valence-corrected chi connectivity index (χ1v) is 6.67. The molecule has 2 aromatic rings. The molecule has 1 aromatic heterocycles. The van der Waals surface area contributed by atoms with E-state index < -0.39 is 0 Å². The highest BCUT2D eigenvalue weighted by Gasteiger charge is 2.17. The third-order valence-corrected chi connectivity index (χ3v) is 4.57. The molecule has 1 aromatic carbocycles. The average Bonchev–Trinajstić information content (AvgIpc) is 2.70. The summed E-state index contributed by atoms with van der Waals surface area (Å²) in [6.07, 6.45) is 0. The van der Waals surface area contributed by atoms with E-state index in [-0.39, 0.29) is 5.54 Å². The molecule has 2 N–H and O–H groups in total. The highest BCUT2D eigenvalue weighted by molar-refractivity contribution is 7.15. The van der Waals surface area contributed by atoms with Crippen LogP contribution < -0.4 is 5.73 Å². The molecule has 0 amide bonds. The van der Waals surface area contributed by atoms with Crippen molar-refractivity contribution in [3.05, 3.63) is 46.3 Å². The molecule has 2 rings (SSSR count). The van der Waals surface area contributed by atoms with Gasteiger partial charge >= 0.3 is 0 Å². The number of rotatable bonds is 2. The van der Waals surface area contributed by atoms with Gasteiger partial charge in [0.25, 0.3) is 0 Å². The van der Waals surface area contributed by atoms with E-state index in [4.69, 9.17) is 5.73 Å². The third kappa shape index (κ3) is 2.43. The van der Waals surface area contributed by atoms with E-state index in [0.717, 1.165) is 0 Å². The minimum atomic E-state index is -0.249. The normalized spacial score (nSPS) is 11.8. The molecule has 0 radical (unpaired) electrons. The zero-order valence-electron chi connectivity index (χ0n) is 10.9. The fourth-order valence-corrected chi connectivity index (χ4v) is 2.95. The molecule has 17 heavy (non-hydrogen) atoms. The molecular formula is C15H19NS. The molecule has 90 valence electrons. The molecule has 0 aliphatic heterocycles. The molecule has 1 heterocycles. The molecule has 0 atom stereocenters. The van der Waals surface area contributed by atoms with Crippen molar-refractivity contribution in [1.29, 1.82) is 0 Å². The molecule has 0 fully saturated rings. The smallest absolute Gasteiger partial charge is 0.0446 e. The zero-order chi connectivity index (χ0) is 12.6. The largest absolute Gasteiger partial charge is 0.321 e. The van der Waals surface area contributed by atoms with E-state index in [0.29, 0.717) is 0 Å². The Morgan fingerprint density at radius 3 is 2.35 bits per heavy atom. The highest BCUT2D eigenvalue weighted by atomic mass is 32.1. The van der Waals surface area contributed by atoms with Crippen LogP contribution in [0.15, 0.2) is 30.3 Å². The van der Waals surface area contributed by atoms with Gasteiger partial charge in [0.05, 0.1) is 0 Å². The van der Waals surface area contributed by atoms with Crippen LogP contribution in [-0.2, 0) is 5.54 Å². The number of nitrogens with two attached hydrogens (primary N) is 1. The van der Waals surface area contributed by atoms with Gasteiger partial charge in [0.15, 0.2) is 0 Å². The van der Waals surface area contributed by atoms with E-state index in [2.05, 4.69) is 44.2 Å². The minimum absolute atomic E-state index is 0.249. The van der Waals surface area contributed by atoms with Gasteiger partial charge in [0, 0.05) is 15.3 Å². The first-order chi connectivity index (χ1) is 7.89. The fourth-order valence-electron chi connectivity index (χ4n) is 1.85. The lowest BCUT2D eigenvalue weighted by Crippen LogP contribution is -2.27. The SMILES string of the molecule is Cc1cccc(-c2ccc(C(C)(C)N)s2)c1C. The van der Waals surface area contributed by atoms with Crippen molar-refractivity contribution in [2.75, 3.05) is 0 Å². The van der Waals surface area contributed by atoms with Crippen molar-refractivity contribution < 1.29 is 0 Å². The summed E-state index contributed by atoms with van der Waals surface area (Å²) in [4.78, 5) is 2.54. The van der Waals surface area contributed by atoms with E-state index >= 15 is 0 Å². The summed E-state index contributed by atoms with van der Waals surface area (Å²) in [5.41, 5.74) is 9.90. The van der Waals surface area contributed by atoms with Gasteiger partial charge in [-0.15, -0.1) is 11.3 Å². The predicted octanol–water partition coefficient (Wildman–Crippen LogP) is 4.23. The lowest BCUT2D eigenvalue weighted by Gasteiger charge is -2.15. The van der Waals surface area contributed by atoms with Crippen molar-refractivity contribution >= 4 is 11.3 Å². The maximum absolute atomic E-state index is 6.13. The summed E-state index contributed by atoms with van der Waals surface area (Å²) in [6, 6.07) is 10.8. The number of benzene rings is 1. The first kappa shape index (κ1) is 12.3. The highest BCUT2D eigenvalue weighted by Crippen LogP contribution is 2.35. The molecule has 0 unspecified atom stereocenters. The monoisotopic (exact) mass is 245 g/mol. The molecule has 1 nitrogen and oxygen atoms in total. The van der Waals surface area contributed by atoms with E-state index in [1.54, 1.807) is 11.3 Å². The van der Waals surface area contributed by atoms with Crippen LogP contribution >= 0.6 is 11.3 Å². The number of hydrogen-bond donors (Lipinski definition) is 1. The van der Waals surface area contributed by atoms with Crippen molar-refractivity contribution in [2.45, 2.75) is 33.2 Å². The van der Waals surface area contributed by atoms with E-state index in [1.165, 1.54) is 26.4 Å². The van der Waals surface area contributed by atoms with Gasteiger partial charge in [-0.3, -0.25) is 0 Å². The summed E-state index contributed by atoms with van der Waals surface area (Å²) < 4.78 is 0. The van der Waals surface area contributed by atoms with Gasteiger partial charge in [-0.25, -0.2) is 0 Å². The van der Waals surface area contributed by atoms with Crippen molar-refractivity contribution in [3.63, 3.8) is 0 Å². The summed E-state index contributed by atoms with van der Waals surface area (Å²) in [6.45, 7) is 8.43. The molecule has 0 aliphatic rings. The van der Waals surface area contributed by atoms with Crippen LogP contribution in [-0.4, -0.2) is 0 Å². The van der Waals surface area contributed by atoms with Crippen LogP contribution in [0, 0.1) is 13.8 Å². The van der Waals surface area contributed by atoms with Gasteiger partial charge in [-0.2, -0.15) is 0 Å². The Balaban J connectivity index is 2.48. The van der Waals surface area contributed by atoms with Crippen molar-refractivity contribution in [2.24, 2.45) is 5.73 Å². The van der Waals surface area contributed by atoms with Crippen LogP contribution in [0.3, 0.4) is 0 Å². The summed E-state index contributed by atoms with van der Waals surface area (Å²) in [5, 5.41) is 0. The van der Waals surface area contributed by atoms with Crippen LogP contribution in [0.1, 0.15) is 29.9 Å². The summed E-state index contributed by atoms with van der Waals surface area (Å²) in [5.74, 6) is 0. The third-order valence-electron chi connectivity index (χ3n) is 3.11. The predicted molar refractivity (Wildman–Crippen MR) is 76.4 cm³/mol. The Morgan fingerprint density at radius 1 is 1.06 bits per heavy atom. The molecule has 0 aliphatic carbocycles. The second-order valence-corrected chi connectivity index (χ2v) is 6.22. The van der Waals surface area contributed by atoms with E-state index in [1.807, 2.05) is 13.8 Å². The maximum Gasteiger partial charge on any atom is 0.0446 e. The quantitative estimate of drug-likeness (QED) is 0.842. The number of thiophene rings is 1. The molecule has 0 saturated carbocycles. The Hall–Kier alpha value is -1.12. The van der Waals surface area contributed by atoms with E-state index in [9.17, 15) is 0 Å². The van der Waals surface area contributed by atoms with Crippen LogP contribution in [0.5, 0.6) is 0 Å². The Morgan fingerprint density at radius 2 is 1.76 bits per heavy atom. The Bertz CT molecular complexity index is 532. The van der Waals surface area contributed by atoms with Crippen LogP contribution in [0.2, 0.25) is 0 Å². The Kier molecular flexibility index (Phi) is 3.11. The lowest BCUT2D eigenvalue weighted by molar-refractivity contribution is 0.567. The zero-order valence-corrected chi connectivity index (χ0v) is 11.7. The van der Waals surface area contributed by atoms with Crippen molar-refractivity contribution in [1.82, 2.24) is 0 Å². The van der Waals surface area contributed by atoms with Gasteiger partial charge in [0.1, 0.15) is 0 Å². The second-order valence-electron chi connectivity index (χ2n) is 5.13. The second kappa shape index (κ2) is 4.28. The van der Waals surface area contributed by atoms with Gasteiger partial charge in [-0.1, -0.05) is 18.2 Å². The number of aryl methyl sites for hydroxylation is 1. The van der Waals surface area contributed by atoms with Gasteiger partial charge in [-0.05, 0) is 56.5 Å². The maximum atomic E-state index is 6.13. The standard InChI is InChI=1S/C15H19NS/c1-10-6-5-7-12(11(10)2)13-8-9-14(17-13)15(3,4)16/h5-9H,16H2,1-4H3. The van der Waals surface area contributed by atoms with Crippen molar-refractivity contribution in [3.8, 4) is 10.4 Å². The fraction of sp³-hybridized carbons (Fsp3) is 0.333. The number of hydrogen-bond acceptors (Lipinski definition) is 2. The minimum Gasteiger partial charge on any atom is -0.321 e. The lowest BCUT2D eigenvalue weighted by atomic mass is 10.0. The van der Waals surface area contributed by atoms with Gasteiger partial charge in [0.2, 0.25) is 0 Å². The van der Waals surface area contributed by atoms with Gasteiger partial charge < -0.3 is 5.73 Å². The average molecular weight is 245 g/mol. The molecular weight excluding hydrogens is 226 g/mol. The topological polar surface area (TPSA) is 26.0 Å². The molecule has 0 spiro atoms. The van der Waals surface area contributed by atoms with Crippen LogP contribution in [0.25, 0.3) is 10.4 Å². The summed E-state index contributed by atoms with van der Waals surface area (Å²) in [7, 11) is 0. The van der Waals surface area contributed by atoms with Crippen LogP contribution in [0.4, 0.5) is 0 Å². The molecule has 0 bridgehead atoms. The first-order valence-electron chi connectivity index (χ1n) is 5.85. The molecule has 0 saturated heterocycles. The Labute approximate surface area is 107 Å².